The predicted molar refractivity (Wildman–Crippen MR) is 76.2 cm³/mol. The first-order valence-corrected chi connectivity index (χ1v) is 6.12. The number of ether oxygens (including phenoxy) is 2. The van der Waals surface area contributed by atoms with Crippen LogP contribution in [-0.2, 0) is 11.3 Å². The van der Waals surface area contributed by atoms with Gasteiger partial charge in [-0.15, -0.1) is 6.42 Å². The lowest BCUT2D eigenvalue weighted by Gasteiger charge is -2.07. The first kappa shape index (κ1) is 13.2. The van der Waals surface area contributed by atoms with Gasteiger partial charge in [0.2, 0.25) is 0 Å². The molecule has 19 heavy (non-hydrogen) atoms. The number of terminal acetylenes is 1. The molecule has 0 fully saturated rings. The second-order valence-electron chi connectivity index (χ2n) is 4.26. The van der Waals surface area contributed by atoms with Crippen molar-refractivity contribution in [3.8, 4) is 23.8 Å². The SMILES string of the molecule is C#CCOCc1ccc(Oc2ccc(C)cc2)cc1. The summed E-state index contributed by atoms with van der Waals surface area (Å²) in [5.41, 5.74) is 2.29. The smallest absolute Gasteiger partial charge is 0.127 e. The number of aryl methyl sites for hydroxylation is 1. The molecule has 2 heteroatoms. The van der Waals surface area contributed by atoms with Crippen LogP contribution in [0.15, 0.2) is 48.5 Å². The topological polar surface area (TPSA) is 18.5 Å². The van der Waals surface area contributed by atoms with E-state index in [0.29, 0.717) is 13.2 Å². The maximum Gasteiger partial charge on any atom is 0.127 e. The third kappa shape index (κ3) is 4.17. The molecule has 0 aliphatic carbocycles. The van der Waals surface area contributed by atoms with Crippen molar-refractivity contribution in [3.05, 3.63) is 59.7 Å². The quantitative estimate of drug-likeness (QED) is 0.593. The summed E-state index contributed by atoms with van der Waals surface area (Å²) in [6, 6.07) is 15.8. The van der Waals surface area contributed by atoms with Gasteiger partial charge < -0.3 is 9.47 Å². The van der Waals surface area contributed by atoms with Crippen LogP contribution < -0.4 is 4.74 Å². The highest BCUT2D eigenvalue weighted by Gasteiger charge is 1.98. The summed E-state index contributed by atoms with van der Waals surface area (Å²) in [7, 11) is 0. The van der Waals surface area contributed by atoms with Gasteiger partial charge in [-0.2, -0.15) is 0 Å². The van der Waals surface area contributed by atoms with E-state index in [1.54, 1.807) is 0 Å². The minimum Gasteiger partial charge on any atom is -0.457 e. The molecule has 2 rings (SSSR count). The lowest BCUT2D eigenvalue weighted by atomic mass is 10.2. The third-order valence-corrected chi connectivity index (χ3v) is 2.63. The standard InChI is InChI=1S/C17H16O2/c1-3-12-18-13-15-6-10-17(11-7-15)19-16-8-4-14(2)5-9-16/h1,4-11H,12-13H2,2H3. The molecule has 0 unspecified atom stereocenters. The predicted octanol–water partition coefficient (Wildman–Crippen LogP) is 3.94. The number of rotatable bonds is 5. The van der Waals surface area contributed by atoms with E-state index in [2.05, 4.69) is 12.8 Å². The van der Waals surface area contributed by atoms with Crippen molar-refractivity contribution in [3.63, 3.8) is 0 Å². The lowest BCUT2D eigenvalue weighted by molar-refractivity contribution is 0.153. The summed E-state index contributed by atoms with van der Waals surface area (Å²) >= 11 is 0. The monoisotopic (exact) mass is 252 g/mol. The second kappa shape index (κ2) is 6.63. The van der Waals surface area contributed by atoms with Crippen LogP contribution in [0.2, 0.25) is 0 Å². The van der Waals surface area contributed by atoms with Gasteiger partial charge in [-0.1, -0.05) is 35.7 Å². The summed E-state index contributed by atoms with van der Waals surface area (Å²) in [4.78, 5) is 0. The van der Waals surface area contributed by atoms with Crippen LogP contribution >= 0.6 is 0 Å². The first-order chi connectivity index (χ1) is 9.28. The molecule has 0 amide bonds. The van der Waals surface area contributed by atoms with Gasteiger partial charge in [0, 0.05) is 0 Å². The van der Waals surface area contributed by atoms with Crippen LogP contribution in [0.4, 0.5) is 0 Å². The molecular weight excluding hydrogens is 236 g/mol. The second-order valence-corrected chi connectivity index (χ2v) is 4.26. The fraction of sp³-hybridized carbons (Fsp3) is 0.176. The van der Waals surface area contributed by atoms with Gasteiger partial charge in [-0.25, -0.2) is 0 Å². The molecule has 2 aromatic rings. The summed E-state index contributed by atoms with van der Waals surface area (Å²) in [6.45, 7) is 2.91. The fourth-order valence-electron chi connectivity index (χ4n) is 1.62. The highest BCUT2D eigenvalue weighted by molar-refractivity contribution is 5.34. The van der Waals surface area contributed by atoms with E-state index in [1.807, 2.05) is 48.5 Å². The molecule has 96 valence electrons. The largest absolute Gasteiger partial charge is 0.457 e. The Morgan fingerprint density at radius 1 is 0.947 bits per heavy atom. The molecule has 0 aliphatic rings. The molecule has 2 aromatic carbocycles. The summed E-state index contributed by atoms with van der Waals surface area (Å²) in [5.74, 6) is 4.08. The van der Waals surface area contributed by atoms with Crippen LogP contribution in [0.5, 0.6) is 11.5 Å². The zero-order valence-corrected chi connectivity index (χ0v) is 10.9. The normalized spacial score (nSPS) is 9.89. The Kier molecular flexibility index (Phi) is 4.60. The molecule has 0 saturated carbocycles. The van der Waals surface area contributed by atoms with Crippen molar-refractivity contribution in [2.45, 2.75) is 13.5 Å². The first-order valence-electron chi connectivity index (χ1n) is 6.12. The van der Waals surface area contributed by atoms with Crippen LogP contribution in [-0.4, -0.2) is 6.61 Å². The average Bonchev–Trinajstić information content (AvgIpc) is 2.44. The van der Waals surface area contributed by atoms with Crippen molar-refractivity contribution >= 4 is 0 Å². The van der Waals surface area contributed by atoms with Crippen molar-refractivity contribution in [2.75, 3.05) is 6.61 Å². The molecule has 0 radical (unpaired) electrons. The van der Waals surface area contributed by atoms with Crippen LogP contribution in [0, 0.1) is 19.3 Å². The summed E-state index contributed by atoms with van der Waals surface area (Å²) in [5, 5.41) is 0. The Morgan fingerprint density at radius 3 is 2.11 bits per heavy atom. The molecule has 0 atom stereocenters. The van der Waals surface area contributed by atoms with Gasteiger partial charge in [0.15, 0.2) is 0 Å². The highest BCUT2D eigenvalue weighted by atomic mass is 16.5. The Bertz CT molecular complexity index is 547. The van der Waals surface area contributed by atoms with Gasteiger partial charge in [-0.05, 0) is 36.8 Å². The molecule has 0 spiro atoms. The van der Waals surface area contributed by atoms with Crippen LogP contribution in [0.25, 0.3) is 0 Å². The van der Waals surface area contributed by atoms with Gasteiger partial charge in [-0.3, -0.25) is 0 Å². The number of hydrogen-bond donors (Lipinski definition) is 0. The van der Waals surface area contributed by atoms with E-state index >= 15 is 0 Å². The van der Waals surface area contributed by atoms with E-state index in [9.17, 15) is 0 Å². The van der Waals surface area contributed by atoms with Gasteiger partial charge >= 0.3 is 0 Å². The molecule has 0 bridgehead atoms. The average molecular weight is 252 g/mol. The zero-order valence-electron chi connectivity index (χ0n) is 10.9. The molecule has 0 aliphatic heterocycles. The van der Waals surface area contributed by atoms with E-state index < -0.39 is 0 Å². The highest BCUT2D eigenvalue weighted by Crippen LogP contribution is 2.22. The maximum atomic E-state index is 5.74. The lowest BCUT2D eigenvalue weighted by Crippen LogP contribution is -1.93. The van der Waals surface area contributed by atoms with Crippen molar-refractivity contribution in [1.82, 2.24) is 0 Å². The van der Waals surface area contributed by atoms with E-state index in [0.717, 1.165) is 17.1 Å². The Labute approximate surface area is 114 Å². The Hall–Kier alpha value is -2.24. The minimum absolute atomic E-state index is 0.335. The van der Waals surface area contributed by atoms with Crippen molar-refractivity contribution in [2.24, 2.45) is 0 Å². The number of benzene rings is 2. The summed E-state index contributed by atoms with van der Waals surface area (Å²) < 4.78 is 11.0. The van der Waals surface area contributed by atoms with Crippen LogP contribution in [0.3, 0.4) is 0 Å². The third-order valence-electron chi connectivity index (χ3n) is 2.63. The van der Waals surface area contributed by atoms with Gasteiger partial charge in [0.1, 0.15) is 18.1 Å². The van der Waals surface area contributed by atoms with Crippen molar-refractivity contribution in [1.29, 1.82) is 0 Å². The zero-order chi connectivity index (χ0) is 13.5. The molecule has 0 aromatic heterocycles. The van der Waals surface area contributed by atoms with Gasteiger partial charge in [0.25, 0.3) is 0 Å². The molecule has 0 N–H and O–H groups in total. The molecule has 0 heterocycles. The summed E-state index contributed by atoms with van der Waals surface area (Å²) in [6.07, 6.45) is 5.12. The van der Waals surface area contributed by atoms with E-state index in [1.165, 1.54) is 5.56 Å². The van der Waals surface area contributed by atoms with Gasteiger partial charge in [0.05, 0.1) is 6.61 Å². The Balaban J connectivity index is 1.95. The van der Waals surface area contributed by atoms with E-state index in [-0.39, 0.29) is 0 Å². The minimum atomic E-state index is 0.335. The van der Waals surface area contributed by atoms with Crippen LogP contribution in [0.1, 0.15) is 11.1 Å². The molecule has 0 saturated heterocycles. The maximum absolute atomic E-state index is 5.74. The fourth-order valence-corrected chi connectivity index (χ4v) is 1.62. The molecular formula is C17H16O2. The molecule has 2 nitrogen and oxygen atoms in total. The van der Waals surface area contributed by atoms with E-state index in [4.69, 9.17) is 15.9 Å². The number of hydrogen-bond acceptors (Lipinski definition) is 2. The van der Waals surface area contributed by atoms with Crippen molar-refractivity contribution < 1.29 is 9.47 Å². The Morgan fingerprint density at radius 2 is 1.53 bits per heavy atom.